The van der Waals surface area contributed by atoms with Gasteiger partial charge >= 0.3 is 0 Å². The highest BCUT2D eigenvalue weighted by Crippen LogP contribution is 2.47. The summed E-state index contributed by atoms with van der Waals surface area (Å²) in [6.45, 7) is 1.23. The van der Waals surface area contributed by atoms with Gasteiger partial charge < -0.3 is 10.6 Å². The Morgan fingerprint density at radius 1 is 1.50 bits per heavy atom. The van der Waals surface area contributed by atoms with Crippen LogP contribution < -0.4 is 5.73 Å². The minimum atomic E-state index is -0.459. The molecule has 16 heavy (non-hydrogen) atoms. The molecule has 1 aromatic carbocycles. The van der Waals surface area contributed by atoms with Gasteiger partial charge in [0.1, 0.15) is 5.82 Å². The summed E-state index contributed by atoms with van der Waals surface area (Å²) in [5.41, 5.74) is 5.97. The van der Waals surface area contributed by atoms with Crippen LogP contribution >= 0.6 is 0 Å². The summed E-state index contributed by atoms with van der Waals surface area (Å²) in [5.74, 6) is -0.280. The van der Waals surface area contributed by atoms with E-state index in [1.165, 1.54) is 12.1 Å². The molecule has 1 aromatic rings. The van der Waals surface area contributed by atoms with Gasteiger partial charge in [0, 0.05) is 18.6 Å². The van der Waals surface area contributed by atoms with Crippen LogP contribution in [0.5, 0.6) is 0 Å². The van der Waals surface area contributed by atoms with Crippen molar-refractivity contribution in [2.75, 3.05) is 13.1 Å². The average Bonchev–Trinajstić information content (AvgIpc) is 2.77. The molecular formula is C12H13FN2O. The summed E-state index contributed by atoms with van der Waals surface area (Å²) in [7, 11) is 0. The van der Waals surface area contributed by atoms with E-state index in [0.717, 1.165) is 6.42 Å². The summed E-state index contributed by atoms with van der Waals surface area (Å²) in [5, 5.41) is 0. The van der Waals surface area contributed by atoms with Crippen molar-refractivity contribution in [2.24, 2.45) is 11.7 Å². The molecular weight excluding hydrogens is 207 g/mol. The molecule has 1 aliphatic carbocycles. The fourth-order valence-electron chi connectivity index (χ4n) is 2.49. The van der Waals surface area contributed by atoms with Crippen molar-refractivity contribution in [3.05, 3.63) is 35.6 Å². The van der Waals surface area contributed by atoms with Crippen LogP contribution in [0, 0.1) is 11.7 Å². The minimum absolute atomic E-state index is 0.146. The van der Waals surface area contributed by atoms with E-state index in [0.29, 0.717) is 19.0 Å². The fourth-order valence-corrected chi connectivity index (χ4v) is 2.49. The highest BCUT2D eigenvalue weighted by atomic mass is 19.1. The van der Waals surface area contributed by atoms with E-state index in [4.69, 9.17) is 5.73 Å². The number of amides is 1. The van der Waals surface area contributed by atoms with Crippen molar-refractivity contribution in [3.63, 3.8) is 0 Å². The van der Waals surface area contributed by atoms with E-state index in [-0.39, 0.29) is 17.0 Å². The Kier molecular flexibility index (Phi) is 1.86. The first-order valence-electron chi connectivity index (χ1n) is 5.43. The molecule has 4 heteroatoms. The molecule has 3 nitrogen and oxygen atoms in total. The minimum Gasteiger partial charge on any atom is -0.336 e. The van der Waals surface area contributed by atoms with Gasteiger partial charge in [-0.25, -0.2) is 4.39 Å². The van der Waals surface area contributed by atoms with Crippen molar-refractivity contribution in [2.45, 2.75) is 12.0 Å². The molecule has 1 saturated carbocycles. The zero-order chi connectivity index (χ0) is 11.3. The smallest absolute Gasteiger partial charge is 0.256 e. The largest absolute Gasteiger partial charge is 0.336 e. The van der Waals surface area contributed by atoms with Gasteiger partial charge in [0.15, 0.2) is 0 Å². The molecule has 0 unspecified atom stereocenters. The Labute approximate surface area is 93.0 Å². The number of halogens is 1. The second-order valence-electron chi connectivity index (χ2n) is 4.80. The quantitative estimate of drug-likeness (QED) is 0.767. The summed E-state index contributed by atoms with van der Waals surface area (Å²) >= 11 is 0. The van der Waals surface area contributed by atoms with Gasteiger partial charge in [-0.3, -0.25) is 4.79 Å². The standard InChI is InChI=1S/C12H13FN2O/c13-10-4-2-1-3-9(10)11(16)15-6-8-5-12(8,14)7-15/h1-4,8H,5-7,14H2/t8-,12+/m1/s1. The number of carbonyl (C=O) groups excluding carboxylic acids is 1. The van der Waals surface area contributed by atoms with Gasteiger partial charge in [-0.2, -0.15) is 0 Å². The fraction of sp³-hybridized carbons (Fsp3) is 0.417. The number of nitrogens with two attached hydrogens (primary N) is 1. The molecule has 1 saturated heterocycles. The molecule has 3 rings (SSSR count). The molecule has 1 heterocycles. The van der Waals surface area contributed by atoms with Crippen LogP contribution in [-0.4, -0.2) is 29.4 Å². The van der Waals surface area contributed by atoms with Gasteiger partial charge in [-0.1, -0.05) is 12.1 Å². The molecule has 2 atom stereocenters. The Morgan fingerprint density at radius 2 is 2.25 bits per heavy atom. The lowest BCUT2D eigenvalue weighted by Gasteiger charge is -2.19. The van der Waals surface area contributed by atoms with Crippen molar-refractivity contribution in [1.82, 2.24) is 4.90 Å². The predicted molar refractivity (Wildman–Crippen MR) is 57.3 cm³/mol. The highest BCUT2D eigenvalue weighted by molar-refractivity contribution is 5.95. The SMILES string of the molecule is N[C@]12C[C@@H]1CN(C(=O)c1ccccc1F)C2. The van der Waals surface area contributed by atoms with E-state index in [1.54, 1.807) is 17.0 Å². The number of rotatable bonds is 1. The van der Waals surface area contributed by atoms with Crippen molar-refractivity contribution >= 4 is 5.91 Å². The van der Waals surface area contributed by atoms with Crippen LogP contribution in [0.3, 0.4) is 0 Å². The number of carbonyl (C=O) groups is 1. The second-order valence-corrected chi connectivity index (χ2v) is 4.80. The van der Waals surface area contributed by atoms with E-state index in [9.17, 15) is 9.18 Å². The Balaban J connectivity index is 1.82. The number of likely N-dealkylation sites (tertiary alicyclic amines) is 1. The summed E-state index contributed by atoms with van der Waals surface area (Å²) in [4.78, 5) is 13.7. The normalized spacial score (nSPS) is 31.4. The molecule has 84 valence electrons. The topological polar surface area (TPSA) is 46.3 Å². The van der Waals surface area contributed by atoms with Gasteiger partial charge in [-0.05, 0) is 24.5 Å². The van der Waals surface area contributed by atoms with Gasteiger partial charge in [-0.15, -0.1) is 0 Å². The van der Waals surface area contributed by atoms with Crippen LogP contribution in [0.25, 0.3) is 0 Å². The molecule has 0 spiro atoms. The number of hydrogen-bond acceptors (Lipinski definition) is 2. The Morgan fingerprint density at radius 3 is 2.88 bits per heavy atom. The maximum absolute atomic E-state index is 13.4. The van der Waals surface area contributed by atoms with Crippen LogP contribution in [0.2, 0.25) is 0 Å². The number of fused-ring (bicyclic) bond motifs is 1. The van der Waals surface area contributed by atoms with Crippen molar-refractivity contribution < 1.29 is 9.18 Å². The van der Waals surface area contributed by atoms with Crippen LogP contribution in [-0.2, 0) is 0 Å². The monoisotopic (exact) mass is 220 g/mol. The summed E-state index contributed by atoms with van der Waals surface area (Å²) < 4.78 is 13.4. The molecule has 1 aliphatic heterocycles. The van der Waals surface area contributed by atoms with Gasteiger partial charge in [0.05, 0.1) is 5.56 Å². The van der Waals surface area contributed by atoms with Gasteiger partial charge in [0.2, 0.25) is 0 Å². The molecule has 0 aromatic heterocycles. The molecule has 0 radical (unpaired) electrons. The first-order valence-corrected chi connectivity index (χ1v) is 5.43. The predicted octanol–water partition coefficient (Wildman–Crippen LogP) is 0.999. The van der Waals surface area contributed by atoms with Crippen molar-refractivity contribution in [3.8, 4) is 0 Å². The van der Waals surface area contributed by atoms with Gasteiger partial charge in [0.25, 0.3) is 5.91 Å². The summed E-state index contributed by atoms with van der Waals surface area (Å²) in [6, 6.07) is 6.08. The Hall–Kier alpha value is -1.42. The molecule has 1 amide bonds. The first kappa shape index (κ1) is 9.78. The highest BCUT2D eigenvalue weighted by Gasteiger charge is 2.58. The average molecular weight is 220 g/mol. The first-order chi connectivity index (χ1) is 7.60. The maximum atomic E-state index is 13.4. The van der Waals surface area contributed by atoms with E-state index >= 15 is 0 Å². The third-order valence-electron chi connectivity index (χ3n) is 3.60. The zero-order valence-corrected chi connectivity index (χ0v) is 8.82. The summed E-state index contributed by atoms with van der Waals surface area (Å²) in [6.07, 6.45) is 0.994. The Bertz CT molecular complexity index is 462. The number of nitrogens with zero attached hydrogens (tertiary/aromatic N) is 1. The molecule has 0 bridgehead atoms. The van der Waals surface area contributed by atoms with Crippen LogP contribution in [0.1, 0.15) is 16.8 Å². The second kappa shape index (κ2) is 3.04. The van der Waals surface area contributed by atoms with E-state index < -0.39 is 5.82 Å². The lowest BCUT2D eigenvalue weighted by atomic mass is 10.2. The lowest BCUT2D eigenvalue weighted by Crippen LogP contribution is -2.37. The third-order valence-corrected chi connectivity index (χ3v) is 3.60. The zero-order valence-electron chi connectivity index (χ0n) is 8.82. The third kappa shape index (κ3) is 1.33. The van der Waals surface area contributed by atoms with E-state index in [2.05, 4.69) is 0 Å². The number of hydrogen-bond donors (Lipinski definition) is 1. The van der Waals surface area contributed by atoms with E-state index in [1.807, 2.05) is 0 Å². The lowest BCUT2D eigenvalue weighted by molar-refractivity contribution is 0.0768. The number of benzene rings is 1. The molecule has 2 N–H and O–H groups in total. The number of piperidine rings is 1. The van der Waals surface area contributed by atoms with Crippen LogP contribution in [0.4, 0.5) is 4.39 Å². The van der Waals surface area contributed by atoms with Crippen molar-refractivity contribution in [1.29, 1.82) is 0 Å². The van der Waals surface area contributed by atoms with Crippen LogP contribution in [0.15, 0.2) is 24.3 Å². The molecule has 2 fully saturated rings. The maximum Gasteiger partial charge on any atom is 0.256 e. The molecule has 2 aliphatic rings.